The second kappa shape index (κ2) is 46.9. The number of benzene rings is 6. The Kier molecular flexibility index (Phi) is 36.7. The van der Waals surface area contributed by atoms with E-state index in [1.54, 1.807) is 0 Å². The van der Waals surface area contributed by atoms with Gasteiger partial charge in [-0.15, -0.1) is 0 Å². The molecule has 6 aromatic carbocycles. The molecule has 0 N–H and O–H groups in total. The third kappa shape index (κ3) is 21.9. The van der Waals surface area contributed by atoms with Crippen molar-refractivity contribution >= 4 is 29.1 Å². The van der Waals surface area contributed by atoms with Crippen molar-refractivity contribution in [3.63, 3.8) is 0 Å². The summed E-state index contributed by atoms with van der Waals surface area (Å²) < 4.78 is 0. The minimum absolute atomic E-state index is 0. The van der Waals surface area contributed by atoms with Crippen LogP contribution in [0.4, 0.5) is 0 Å². The van der Waals surface area contributed by atoms with Crippen LogP contribution in [0.2, 0.25) is 0 Å². The van der Waals surface area contributed by atoms with Crippen LogP contribution in [0.25, 0.3) is 67.8 Å². The van der Waals surface area contributed by atoms with Gasteiger partial charge in [0.2, 0.25) is 8.07 Å². The molecule has 0 spiro atoms. The van der Waals surface area contributed by atoms with Crippen molar-refractivity contribution in [2.75, 3.05) is 0 Å². The molecule has 0 saturated carbocycles. The van der Waals surface area contributed by atoms with Crippen LogP contribution in [-0.2, 0) is 122 Å². The first kappa shape index (κ1) is 108. The Morgan fingerprint density at radius 2 is 0.565 bits per heavy atom. The van der Waals surface area contributed by atoms with E-state index in [4.69, 9.17) is 82.2 Å². The van der Waals surface area contributed by atoms with Crippen LogP contribution in [0.1, 0.15) is 176 Å². The average molecular weight is 2550 g/mol. The first-order valence-electron chi connectivity index (χ1n) is 43.8. The van der Waals surface area contributed by atoms with Crippen molar-refractivity contribution in [1.82, 2.24) is 80.7 Å². The van der Waals surface area contributed by atoms with Crippen LogP contribution in [0.3, 0.4) is 0 Å². The predicted molar refractivity (Wildman–Crippen MR) is 526 cm³/mol. The van der Waals surface area contributed by atoms with E-state index in [0.717, 1.165) is 124 Å². The maximum Gasteiger partial charge on any atom is 2.00 e. The van der Waals surface area contributed by atoms with Gasteiger partial charge in [0.1, 0.15) is 10.8 Å². The Balaban J connectivity index is 0.000000200. The number of hydrogen-bond acceptors (Lipinski definition) is 16. The van der Waals surface area contributed by atoms with Crippen LogP contribution in [0, 0.1) is 47.3 Å². The molecule has 1 aliphatic heterocycles. The van der Waals surface area contributed by atoms with E-state index in [9.17, 15) is 0 Å². The molecular formula is C113H100N20Pt4Si. The number of fused-ring (bicyclic) bond motifs is 6. The van der Waals surface area contributed by atoms with Crippen molar-refractivity contribution < 1.29 is 84.3 Å². The summed E-state index contributed by atoms with van der Waals surface area (Å²) in [4.78, 5) is 39.7. The van der Waals surface area contributed by atoms with Gasteiger partial charge in [0.05, 0.1) is 34.2 Å². The van der Waals surface area contributed by atoms with Gasteiger partial charge < -0.3 is 88.1 Å². The quantitative estimate of drug-likeness (QED) is 0.0721. The molecule has 0 saturated heterocycles. The van der Waals surface area contributed by atoms with Crippen LogP contribution >= 0.6 is 0 Å². The van der Waals surface area contributed by atoms with E-state index >= 15 is 0 Å². The number of hydrogen-bond donors (Lipinski definition) is 0. The second-order valence-electron chi connectivity index (χ2n) is 36.7. The number of aromatic nitrogens is 16. The summed E-state index contributed by atoms with van der Waals surface area (Å²) in [5.74, 6) is 0. The summed E-state index contributed by atoms with van der Waals surface area (Å²) in [6, 6.07) is 113. The zero-order chi connectivity index (χ0) is 95.6. The minimum Gasteiger partial charge on any atom is -0.573 e. The normalized spacial score (nSPS) is 12.0. The van der Waals surface area contributed by atoms with Crippen molar-refractivity contribution in [2.45, 2.75) is 135 Å². The third-order valence-corrected chi connectivity index (χ3v) is 28.4. The van der Waals surface area contributed by atoms with Gasteiger partial charge in [0.25, 0.3) is 0 Å². The van der Waals surface area contributed by atoms with Crippen LogP contribution in [0.5, 0.6) is 0 Å². The summed E-state index contributed by atoms with van der Waals surface area (Å²) in [5.41, 5.74) is 23.9. The molecule has 0 bridgehead atoms. The van der Waals surface area contributed by atoms with Gasteiger partial charge in [-0.25, -0.2) is 0 Å². The Hall–Kier alpha value is -13.7. The van der Waals surface area contributed by atoms with Gasteiger partial charge in [0.15, 0.2) is 0 Å². The molecule has 20 rings (SSSR count). The van der Waals surface area contributed by atoms with Crippen molar-refractivity contribution in [2.24, 2.45) is 0 Å². The molecular weight excluding hydrogens is 2450 g/mol. The molecule has 13 heterocycles. The smallest absolute Gasteiger partial charge is 0.573 e. The van der Waals surface area contributed by atoms with Gasteiger partial charge in [-0.2, -0.15) is 0 Å². The van der Waals surface area contributed by atoms with Gasteiger partial charge >= 0.3 is 84.3 Å². The molecule has 0 unspecified atom stereocenters. The Labute approximate surface area is 867 Å². The molecule has 0 fully saturated rings. The van der Waals surface area contributed by atoms with E-state index < -0.39 is 18.9 Å². The molecule has 20 nitrogen and oxygen atoms in total. The topological polar surface area (TPSA) is 306 Å². The van der Waals surface area contributed by atoms with Crippen molar-refractivity contribution in [3.05, 3.63) is 458 Å². The maximum atomic E-state index is 6.25. The summed E-state index contributed by atoms with van der Waals surface area (Å²) in [5, 5.41) is 65.2. The van der Waals surface area contributed by atoms with Crippen LogP contribution < -0.4 is 41.4 Å². The molecule has 2 aliphatic rings. The number of nitrogens with zero attached hydrogens (tertiary/aromatic N) is 20. The van der Waals surface area contributed by atoms with Gasteiger partial charge in [0, 0.05) is 108 Å². The molecule has 0 radical (unpaired) electrons. The fourth-order valence-electron chi connectivity index (χ4n) is 17.2. The average Bonchev–Trinajstić information content (AvgIpc) is 1.53. The van der Waals surface area contributed by atoms with E-state index in [-0.39, 0.29) is 111 Å². The standard InChI is InChI=1S/C30H25N4.C30H27N4.C29H25N4Si.C20H23N4.4CN.4Pt/c1-29(2,3)28-19-25(33-34-28)24-15-10-17-27(32-24)30(26-16-8-9-18-31-26)22-13-6-4-11-20(22)21-12-5-7-14-23(21)30;1-29(2,3)28-21-25(33-34-28)24-17-12-19-27(32-24)30(22-13-6-4-7-14-22,23-15-8-5-9-16-23)26-18-10-11-20-31-26;1-29(2,3)26-19-23(32-33-26)22-13-10-17-28(31-22)34(27-16-8-9-18-30-27)24-14-6-4-11-20(24)21-12-5-7-15-25(21)34;1-19(2,3)18-13-15(23-24-18)14-9-8-11-17(22-14)20(4,5)16-10-6-7-12-21-16;4*1-2;;;;/h4-19H,1-3H3;4-21H,1-3H3;4-19H,1-3H3;6-13H,1-5H3;;;;;;;;/q8*-1;4*+2. The Bertz CT molecular complexity index is 6410. The molecule has 138 heavy (non-hydrogen) atoms. The monoisotopic (exact) mass is 2540 g/mol. The first-order valence-corrected chi connectivity index (χ1v) is 45.8. The number of pyridine rings is 8. The summed E-state index contributed by atoms with van der Waals surface area (Å²) in [6.45, 7) is 49.0. The van der Waals surface area contributed by atoms with Crippen molar-refractivity contribution in [1.29, 1.82) is 21.0 Å². The van der Waals surface area contributed by atoms with Crippen LogP contribution in [0.15, 0.2) is 352 Å². The van der Waals surface area contributed by atoms with E-state index in [1.165, 1.54) is 43.8 Å². The number of rotatable bonds is 14. The molecule has 18 aromatic rings. The SMILES string of the molecule is CC(C)(C)c1cc(-c2cccc(C(C)(C)c3ccccn3)n2)[n-]n1.CC(C)(C)c1cc(-c2cccc(C(c3ccccc3)(c3ccccc3)c3ccccn3)n2)[n-]n1.CC(C)(C)c1cc(-c2cccc(C3(c4ccccn4)c4ccccc4-c4ccccc43)n2)[n-]n1.CC(C)(C)c1cc(-c2cccc([Si]3(c4ccccn4)c4ccccc4-c4ccccc43)n2)[n-]n1.[C-]#N.[C-]#N.[C-]#N.[C-]#N.[Pt+2].[Pt+2].[Pt+2].[Pt+2]. The Morgan fingerprint density at radius 3 is 0.957 bits per heavy atom. The van der Waals surface area contributed by atoms with Crippen molar-refractivity contribution in [3.8, 4) is 67.8 Å². The summed E-state index contributed by atoms with van der Waals surface area (Å²) >= 11 is 0. The summed E-state index contributed by atoms with van der Waals surface area (Å²) in [7, 11) is -2.69. The molecule has 696 valence electrons. The maximum absolute atomic E-state index is 6.25. The molecule has 0 amide bonds. The van der Waals surface area contributed by atoms with Gasteiger partial charge in [-0.3, -0.25) is 39.9 Å². The molecule has 1 aliphatic carbocycles. The molecule has 0 atom stereocenters. The fraction of sp³-hybridized carbons (Fsp3) is 0.186. The first-order chi connectivity index (χ1) is 64.8. The zero-order valence-electron chi connectivity index (χ0n) is 78.7. The molecule has 25 heteroatoms. The molecule has 12 aromatic heterocycles. The fourth-order valence-corrected chi connectivity index (χ4v) is 22.0. The van der Waals surface area contributed by atoms with E-state index in [2.05, 4.69) is 361 Å². The summed E-state index contributed by atoms with van der Waals surface area (Å²) in [6.07, 6.45) is 7.43. The van der Waals surface area contributed by atoms with Gasteiger partial charge in [-0.05, 0) is 166 Å². The minimum atomic E-state index is -2.69. The largest absolute Gasteiger partial charge is 2.00 e. The zero-order valence-corrected chi connectivity index (χ0v) is 88.8. The van der Waals surface area contributed by atoms with E-state index in [1.807, 2.05) is 134 Å². The van der Waals surface area contributed by atoms with Gasteiger partial charge in [-0.1, -0.05) is 336 Å². The predicted octanol–water partition coefficient (Wildman–Crippen LogP) is 20.0. The van der Waals surface area contributed by atoms with Crippen LogP contribution in [-0.4, -0.2) is 68.3 Å². The Morgan fingerprint density at radius 1 is 0.254 bits per heavy atom. The third-order valence-electron chi connectivity index (χ3n) is 23.8. The van der Waals surface area contributed by atoms with E-state index in [0.29, 0.717) is 0 Å². The second-order valence-corrected chi connectivity index (χ2v) is 40.3.